The van der Waals surface area contributed by atoms with Crippen molar-refractivity contribution < 1.29 is 4.39 Å². The normalized spacial score (nSPS) is 14.1. The summed E-state index contributed by atoms with van der Waals surface area (Å²) in [6.07, 6.45) is 0. The zero-order valence-electron chi connectivity index (χ0n) is 9.00. The molecule has 4 heteroatoms. The van der Waals surface area contributed by atoms with E-state index >= 15 is 0 Å². The molecule has 1 aromatic carbocycles. The Morgan fingerprint density at radius 1 is 1.31 bits per heavy atom. The van der Waals surface area contributed by atoms with Gasteiger partial charge in [-0.15, -0.1) is 0 Å². The largest absolute Gasteiger partial charge is 0.307 e. The number of hydrogen-bond donors (Lipinski definition) is 1. The molecular weight excluding hydrogens is 205 g/mol. The molecule has 1 aliphatic rings. The lowest BCUT2D eigenvalue weighted by atomic mass is 10.1. The number of aryl methyl sites for hydroxylation is 1. The Morgan fingerprint density at radius 2 is 2.12 bits per heavy atom. The maximum atomic E-state index is 13.7. The summed E-state index contributed by atoms with van der Waals surface area (Å²) in [5, 5.41) is 7.62. The third-order valence-electron chi connectivity index (χ3n) is 2.95. The van der Waals surface area contributed by atoms with E-state index in [0.717, 1.165) is 30.0 Å². The van der Waals surface area contributed by atoms with Crippen molar-refractivity contribution in [3.63, 3.8) is 0 Å². The van der Waals surface area contributed by atoms with Gasteiger partial charge in [-0.1, -0.05) is 12.1 Å². The number of benzene rings is 1. The van der Waals surface area contributed by atoms with Crippen LogP contribution >= 0.6 is 0 Å². The second-order valence-electron chi connectivity index (χ2n) is 3.98. The minimum absolute atomic E-state index is 0.194. The van der Waals surface area contributed by atoms with E-state index in [1.54, 1.807) is 16.8 Å². The van der Waals surface area contributed by atoms with Gasteiger partial charge in [0.25, 0.3) is 0 Å². The summed E-state index contributed by atoms with van der Waals surface area (Å²) < 4.78 is 15.5. The van der Waals surface area contributed by atoms with Crippen molar-refractivity contribution in [2.24, 2.45) is 7.05 Å². The molecule has 2 aromatic rings. The Bertz CT molecular complexity index is 545. The number of nitrogens with zero attached hydrogens (tertiary/aromatic N) is 2. The summed E-state index contributed by atoms with van der Waals surface area (Å²) in [5.74, 6) is -0.194. The minimum Gasteiger partial charge on any atom is -0.307 e. The summed E-state index contributed by atoms with van der Waals surface area (Å²) in [6, 6.07) is 6.83. The smallest absolute Gasteiger partial charge is 0.132 e. The Kier molecular flexibility index (Phi) is 2.04. The number of halogens is 1. The summed E-state index contributed by atoms with van der Waals surface area (Å²) in [5.41, 5.74) is 3.66. The first kappa shape index (κ1) is 9.54. The van der Waals surface area contributed by atoms with Gasteiger partial charge in [0.05, 0.1) is 11.4 Å². The zero-order valence-corrected chi connectivity index (χ0v) is 9.00. The highest BCUT2D eigenvalue weighted by Crippen LogP contribution is 2.30. The number of hydrogen-bond acceptors (Lipinski definition) is 2. The molecule has 16 heavy (non-hydrogen) atoms. The molecule has 82 valence electrons. The van der Waals surface area contributed by atoms with Gasteiger partial charge in [0.15, 0.2) is 0 Å². The highest BCUT2D eigenvalue weighted by Gasteiger charge is 2.22. The number of fused-ring (bicyclic) bond motifs is 1. The molecule has 1 aromatic heterocycles. The molecule has 0 fully saturated rings. The monoisotopic (exact) mass is 217 g/mol. The SMILES string of the molecule is Cn1nc2c(c1-c1ccccc1F)CNC2. The van der Waals surface area contributed by atoms with Crippen LogP contribution in [0.1, 0.15) is 11.3 Å². The van der Waals surface area contributed by atoms with E-state index in [9.17, 15) is 4.39 Å². The molecule has 1 N–H and O–H groups in total. The maximum Gasteiger partial charge on any atom is 0.132 e. The van der Waals surface area contributed by atoms with Gasteiger partial charge in [0.1, 0.15) is 5.82 Å². The van der Waals surface area contributed by atoms with Crippen molar-refractivity contribution in [1.29, 1.82) is 0 Å². The van der Waals surface area contributed by atoms with Gasteiger partial charge < -0.3 is 5.32 Å². The second-order valence-corrected chi connectivity index (χ2v) is 3.98. The second kappa shape index (κ2) is 3.42. The Hall–Kier alpha value is -1.68. The van der Waals surface area contributed by atoms with Gasteiger partial charge >= 0.3 is 0 Å². The molecule has 0 unspecified atom stereocenters. The molecule has 3 rings (SSSR count). The van der Waals surface area contributed by atoms with Crippen LogP contribution in [0.15, 0.2) is 24.3 Å². The molecule has 0 bridgehead atoms. The fraction of sp³-hybridized carbons (Fsp3) is 0.250. The standard InChI is InChI=1S/C12H12FN3/c1-16-12(8-4-2-3-5-10(8)13)9-6-14-7-11(9)15-16/h2-5,14H,6-7H2,1H3. The van der Waals surface area contributed by atoms with Crippen molar-refractivity contribution in [2.75, 3.05) is 0 Å². The van der Waals surface area contributed by atoms with E-state index in [4.69, 9.17) is 0 Å². The molecular formula is C12H12FN3. The van der Waals surface area contributed by atoms with E-state index in [0.29, 0.717) is 5.56 Å². The molecule has 3 nitrogen and oxygen atoms in total. The highest BCUT2D eigenvalue weighted by molar-refractivity contribution is 5.65. The highest BCUT2D eigenvalue weighted by atomic mass is 19.1. The number of nitrogens with one attached hydrogen (secondary N) is 1. The average Bonchev–Trinajstić information content (AvgIpc) is 2.79. The topological polar surface area (TPSA) is 29.9 Å². The first-order valence-electron chi connectivity index (χ1n) is 5.27. The maximum absolute atomic E-state index is 13.7. The molecule has 0 saturated heterocycles. The van der Waals surface area contributed by atoms with Crippen LogP contribution in [0.3, 0.4) is 0 Å². The van der Waals surface area contributed by atoms with Gasteiger partial charge in [-0.05, 0) is 12.1 Å². The lowest BCUT2D eigenvalue weighted by Crippen LogP contribution is -2.06. The Morgan fingerprint density at radius 3 is 2.94 bits per heavy atom. The van der Waals surface area contributed by atoms with E-state index in [2.05, 4.69) is 10.4 Å². The third-order valence-corrected chi connectivity index (χ3v) is 2.95. The van der Waals surface area contributed by atoms with Crippen molar-refractivity contribution >= 4 is 0 Å². The van der Waals surface area contributed by atoms with Crippen LogP contribution < -0.4 is 5.32 Å². The van der Waals surface area contributed by atoms with Crippen LogP contribution in [0, 0.1) is 5.82 Å². The van der Waals surface area contributed by atoms with Crippen molar-refractivity contribution in [2.45, 2.75) is 13.1 Å². The molecule has 0 amide bonds. The third kappa shape index (κ3) is 1.27. The van der Waals surface area contributed by atoms with Crippen LogP contribution in [0.4, 0.5) is 4.39 Å². The van der Waals surface area contributed by atoms with Gasteiger partial charge in [-0.25, -0.2) is 4.39 Å². The fourth-order valence-electron chi connectivity index (χ4n) is 2.25. The van der Waals surface area contributed by atoms with Crippen molar-refractivity contribution in [1.82, 2.24) is 15.1 Å². The summed E-state index contributed by atoms with van der Waals surface area (Å²) >= 11 is 0. The molecule has 2 heterocycles. The Balaban J connectivity index is 2.24. The first-order valence-corrected chi connectivity index (χ1v) is 5.27. The van der Waals surface area contributed by atoms with Gasteiger partial charge in [0, 0.05) is 31.3 Å². The summed E-state index contributed by atoms with van der Waals surface area (Å²) in [7, 11) is 1.86. The van der Waals surface area contributed by atoms with E-state index < -0.39 is 0 Å². The fourth-order valence-corrected chi connectivity index (χ4v) is 2.25. The van der Waals surface area contributed by atoms with Crippen molar-refractivity contribution in [3.8, 4) is 11.3 Å². The van der Waals surface area contributed by atoms with E-state index in [-0.39, 0.29) is 5.82 Å². The van der Waals surface area contributed by atoms with Crippen LogP contribution in [-0.4, -0.2) is 9.78 Å². The molecule has 0 spiro atoms. The van der Waals surface area contributed by atoms with Crippen LogP contribution in [0.2, 0.25) is 0 Å². The predicted octanol–water partition coefficient (Wildman–Crippen LogP) is 1.83. The van der Waals surface area contributed by atoms with Gasteiger partial charge in [-0.3, -0.25) is 4.68 Å². The summed E-state index contributed by atoms with van der Waals surface area (Å²) in [6.45, 7) is 1.55. The van der Waals surface area contributed by atoms with E-state index in [1.165, 1.54) is 6.07 Å². The molecule has 0 saturated carbocycles. The van der Waals surface area contributed by atoms with Gasteiger partial charge in [0.2, 0.25) is 0 Å². The van der Waals surface area contributed by atoms with Crippen LogP contribution in [0.5, 0.6) is 0 Å². The molecule has 0 aliphatic carbocycles. The molecule has 0 radical (unpaired) electrons. The average molecular weight is 217 g/mol. The van der Waals surface area contributed by atoms with Crippen LogP contribution in [-0.2, 0) is 20.1 Å². The van der Waals surface area contributed by atoms with Gasteiger partial charge in [-0.2, -0.15) is 5.10 Å². The number of rotatable bonds is 1. The Labute approximate surface area is 92.9 Å². The molecule has 1 aliphatic heterocycles. The van der Waals surface area contributed by atoms with Crippen LogP contribution in [0.25, 0.3) is 11.3 Å². The number of aromatic nitrogens is 2. The summed E-state index contributed by atoms with van der Waals surface area (Å²) in [4.78, 5) is 0. The first-order chi connectivity index (χ1) is 7.77. The van der Waals surface area contributed by atoms with Crippen molar-refractivity contribution in [3.05, 3.63) is 41.3 Å². The lowest BCUT2D eigenvalue weighted by Gasteiger charge is -2.06. The lowest BCUT2D eigenvalue weighted by molar-refractivity contribution is 0.626. The molecule has 0 atom stereocenters. The minimum atomic E-state index is -0.194. The quantitative estimate of drug-likeness (QED) is 0.789. The zero-order chi connectivity index (χ0) is 11.1. The predicted molar refractivity (Wildman–Crippen MR) is 59.1 cm³/mol. The van der Waals surface area contributed by atoms with E-state index in [1.807, 2.05) is 13.1 Å².